The van der Waals surface area contributed by atoms with Gasteiger partial charge in [-0.2, -0.15) is 0 Å². The second kappa shape index (κ2) is 7.59. The zero-order valence-electron chi connectivity index (χ0n) is 15.1. The van der Waals surface area contributed by atoms with Gasteiger partial charge in [-0.05, 0) is 30.0 Å². The SMILES string of the molecule is CCN(Cc1ccc(C(=O)N(C)C)cc1)C(=O)[C@@H](N)C(C)(C)C. The van der Waals surface area contributed by atoms with Crippen molar-refractivity contribution in [2.24, 2.45) is 11.1 Å². The van der Waals surface area contributed by atoms with Crippen molar-refractivity contribution >= 4 is 11.8 Å². The summed E-state index contributed by atoms with van der Waals surface area (Å²) in [6.07, 6.45) is 0. The topological polar surface area (TPSA) is 66.6 Å². The third-order valence-electron chi connectivity index (χ3n) is 3.87. The molecule has 1 rings (SSSR count). The second-order valence-corrected chi connectivity index (χ2v) is 7.09. The van der Waals surface area contributed by atoms with Gasteiger partial charge in [-0.3, -0.25) is 9.59 Å². The van der Waals surface area contributed by atoms with Crippen molar-refractivity contribution in [3.8, 4) is 0 Å². The average Bonchev–Trinajstić information content (AvgIpc) is 2.50. The van der Waals surface area contributed by atoms with E-state index in [2.05, 4.69) is 0 Å². The lowest BCUT2D eigenvalue weighted by Gasteiger charge is -2.31. The maximum Gasteiger partial charge on any atom is 0.253 e. The number of benzene rings is 1. The standard InChI is InChI=1S/C18H29N3O2/c1-7-21(17(23)15(19)18(2,3)4)12-13-8-10-14(11-9-13)16(22)20(5)6/h8-11,15H,7,12,19H2,1-6H3/t15-/m1/s1. The first-order chi connectivity index (χ1) is 10.6. The van der Waals surface area contributed by atoms with Crippen LogP contribution >= 0.6 is 0 Å². The van der Waals surface area contributed by atoms with Gasteiger partial charge in [0, 0.05) is 32.7 Å². The molecule has 0 spiro atoms. The van der Waals surface area contributed by atoms with Crippen LogP contribution in [0.4, 0.5) is 0 Å². The number of likely N-dealkylation sites (N-methyl/N-ethyl adjacent to an activating group) is 1. The zero-order chi connectivity index (χ0) is 17.8. The molecule has 0 aliphatic carbocycles. The van der Waals surface area contributed by atoms with E-state index in [4.69, 9.17) is 5.73 Å². The van der Waals surface area contributed by atoms with Crippen molar-refractivity contribution in [2.45, 2.75) is 40.3 Å². The predicted molar refractivity (Wildman–Crippen MR) is 93.0 cm³/mol. The monoisotopic (exact) mass is 319 g/mol. The van der Waals surface area contributed by atoms with Crippen LogP contribution in [0.15, 0.2) is 24.3 Å². The molecular weight excluding hydrogens is 290 g/mol. The van der Waals surface area contributed by atoms with Crippen LogP contribution in [-0.4, -0.2) is 48.3 Å². The Morgan fingerprint density at radius 2 is 1.65 bits per heavy atom. The maximum atomic E-state index is 12.5. The van der Waals surface area contributed by atoms with Crippen LogP contribution in [0.1, 0.15) is 43.6 Å². The van der Waals surface area contributed by atoms with Gasteiger partial charge in [-0.15, -0.1) is 0 Å². The van der Waals surface area contributed by atoms with Crippen molar-refractivity contribution in [3.63, 3.8) is 0 Å². The summed E-state index contributed by atoms with van der Waals surface area (Å²) in [5.74, 6) is -0.0804. The molecule has 0 aromatic heterocycles. The Morgan fingerprint density at radius 3 is 2.04 bits per heavy atom. The molecule has 0 saturated heterocycles. The molecule has 5 nitrogen and oxygen atoms in total. The number of carbonyl (C=O) groups excluding carboxylic acids is 2. The Bertz CT molecular complexity index is 544. The Kier molecular flexibility index (Phi) is 6.33. The molecule has 0 bridgehead atoms. The number of carbonyl (C=O) groups is 2. The zero-order valence-corrected chi connectivity index (χ0v) is 15.1. The fourth-order valence-corrected chi connectivity index (χ4v) is 2.14. The molecule has 0 saturated carbocycles. The van der Waals surface area contributed by atoms with Gasteiger partial charge in [0.05, 0.1) is 6.04 Å². The first-order valence-corrected chi connectivity index (χ1v) is 7.93. The summed E-state index contributed by atoms with van der Waals surface area (Å²) in [7, 11) is 3.45. The number of hydrogen-bond donors (Lipinski definition) is 1. The van der Waals surface area contributed by atoms with Crippen LogP contribution in [0.3, 0.4) is 0 Å². The molecule has 0 fully saturated rings. The van der Waals surface area contributed by atoms with E-state index in [0.717, 1.165) is 5.56 Å². The van der Waals surface area contributed by atoms with E-state index in [1.807, 2.05) is 39.8 Å². The minimum Gasteiger partial charge on any atom is -0.345 e. The fourth-order valence-electron chi connectivity index (χ4n) is 2.14. The predicted octanol–water partition coefficient (Wildman–Crippen LogP) is 2.11. The van der Waals surface area contributed by atoms with Gasteiger partial charge in [0.15, 0.2) is 0 Å². The number of hydrogen-bond acceptors (Lipinski definition) is 3. The summed E-state index contributed by atoms with van der Waals surface area (Å²) >= 11 is 0. The van der Waals surface area contributed by atoms with E-state index in [-0.39, 0.29) is 17.2 Å². The average molecular weight is 319 g/mol. The molecule has 0 radical (unpaired) electrons. The van der Waals surface area contributed by atoms with Crippen LogP contribution < -0.4 is 5.73 Å². The lowest BCUT2D eigenvalue weighted by atomic mass is 9.86. The number of rotatable bonds is 5. The molecule has 1 aromatic rings. The van der Waals surface area contributed by atoms with E-state index in [1.165, 1.54) is 0 Å². The lowest BCUT2D eigenvalue weighted by molar-refractivity contribution is -0.135. The van der Waals surface area contributed by atoms with Crippen molar-refractivity contribution in [3.05, 3.63) is 35.4 Å². The molecule has 2 N–H and O–H groups in total. The Hall–Kier alpha value is -1.88. The van der Waals surface area contributed by atoms with Gasteiger partial charge in [0.25, 0.3) is 5.91 Å². The molecular formula is C18H29N3O2. The molecule has 0 aliphatic rings. The Labute approximate surface area is 139 Å². The number of nitrogens with zero attached hydrogens (tertiary/aromatic N) is 2. The highest BCUT2D eigenvalue weighted by atomic mass is 16.2. The third-order valence-corrected chi connectivity index (χ3v) is 3.87. The highest BCUT2D eigenvalue weighted by Crippen LogP contribution is 2.20. The van der Waals surface area contributed by atoms with Crippen LogP contribution in [0.5, 0.6) is 0 Å². The van der Waals surface area contributed by atoms with Gasteiger partial charge in [-0.25, -0.2) is 0 Å². The smallest absolute Gasteiger partial charge is 0.253 e. The molecule has 5 heteroatoms. The molecule has 0 heterocycles. The fraction of sp³-hybridized carbons (Fsp3) is 0.556. The largest absolute Gasteiger partial charge is 0.345 e. The third kappa shape index (κ3) is 5.06. The van der Waals surface area contributed by atoms with Crippen LogP contribution in [0, 0.1) is 5.41 Å². The first kappa shape index (κ1) is 19.2. The van der Waals surface area contributed by atoms with Crippen LogP contribution in [-0.2, 0) is 11.3 Å². The Balaban J connectivity index is 2.84. The van der Waals surface area contributed by atoms with Gasteiger partial charge < -0.3 is 15.5 Å². The molecule has 23 heavy (non-hydrogen) atoms. The summed E-state index contributed by atoms with van der Waals surface area (Å²) in [6.45, 7) is 8.93. The van der Waals surface area contributed by atoms with Crippen molar-refractivity contribution < 1.29 is 9.59 Å². The quantitative estimate of drug-likeness (QED) is 0.904. The minimum absolute atomic E-state index is 0.0327. The summed E-state index contributed by atoms with van der Waals surface area (Å²) < 4.78 is 0. The van der Waals surface area contributed by atoms with E-state index >= 15 is 0 Å². The van der Waals surface area contributed by atoms with Crippen LogP contribution in [0.2, 0.25) is 0 Å². The van der Waals surface area contributed by atoms with Crippen molar-refractivity contribution in [1.82, 2.24) is 9.80 Å². The number of amides is 2. The van der Waals surface area contributed by atoms with Crippen molar-refractivity contribution in [2.75, 3.05) is 20.6 Å². The minimum atomic E-state index is -0.531. The molecule has 1 atom stereocenters. The first-order valence-electron chi connectivity index (χ1n) is 7.93. The Morgan fingerprint density at radius 1 is 1.13 bits per heavy atom. The maximum absolute atomic E-state index is 12.5. The molecule has 0 aliphatic heterocycles. The van der Waals surface area contributed by atoms with Gasteiger partial charge >= 0.3 is 0 Å². The van der Waals surface area contributed by atoms with Gasteiger partial charge in [-0.1, -0.05) is 32.9 Å². The van der Waals surface area contributed by atoms with E-state index in [1.54, 1.807) is 36.0 Å². The summed E-state index contributed by atoms with van der Waals surface area (Å²) in [5, 5.41) is 0. The number of nitrogens with two attached hydrogens (primary N) is 1. The van der Waals surface area contributed by atoms with Gasteiger partial charge in [0.1, 0.15) is 0 Å². The highest BCUT2D eigenvalue weighted by Gasteiger charge is 2.30. The van der Waals surface area contributed by atoms with Crippen LogP contribution in [0.25, 0.3) is 0 Å². The molecule has 1 aromatic carbocycles. The highest BCUT2D eigenvalue weighted by molar-refractivity contribution is 5.93. The van der Waals surface area contributed by atoms with E-state index < -0.39 is 6.04 Å². The second-order valence-electron chi connectivity index (χ2n) is 7.09. The molecule has 2 amide bonds. The summed E-state index contributed by atoms with van der Waals surface area (Å²) in [6, 6.07) is 6.82. The van der Waals surface area contributed by atoms with Crippen molar-refractivity contribution in [1.29, 1.82) is 0 Å². The molecule has 128 valence electrons. The lowest BCUT2D eigenvalue weighted by Crippen LogP contribution is -2.50. The molecule has 0 unspecified atom stereocenters. The van der Waals surface area contributed by atoms with E-state index in [0.29, 0.717) is 18.7 Å². The summed E-state index contributed by atoms with van der Waals surface area (Å²) in [5.41, 5.74) is 7.43. The van der Waals surface area contributed by atoms with E-state index in [9.17, 15) is 9.59 Å². The normalized spacial score (nSPS) is 12.7. The summed E-state index contributed by atoms with van der Waals surface area (Å²) in [4.78, 5) is 27.7. The van der Waals surface area contributed by atoms with Gasteiger partial charge in [0.2, 0.25) is 5.91 Å².